The summed E-state index contributed by atoms with van der Waals surface area (Å²) < 4.78 is 6.79. The average Bonchev–Trinajstić information content (AvgIpc) is 2.16. The Morgan fingerprint density at radius 2 is 2.06 bits per heavy atom. The van der Waals surface area contributed by atoms with Gasteiger partial charge in [0.15, 0.2) is 0 Å². The van der Waals surface area contributed by atoms with Crippen LogP contribution in [0.1, 0.15) is 20.8 Å². The molecule has 16 heavy (non-hydrogen) atoms. The molecular formula is C13H20BrNO. The van der Waals surface area contributed by atoms with E-state index in [2.05, 4.69) is 36.7 Å². The lowest BCUT2D eigenvalue weighted by Crippen LogP contribution is -2.33. The highest BCUT2D eigenvalue weighted by Crippen LogP contribution is 2.26. The van der Waals surface area contributed by atoms with Crippen molar-refractivity contribution >= 4 is 15.9 Å². The highest BCUT2D eigenvalue weighted by atomic mass is 79.9. The molecule has 0 spiro atoms. The van der Waals surface area contributed by atoms with E-state index in [1.807, 2.05) is 24.3 Å². The first-order valence-electron chi connectivity index (χ1n) is 5.52. The van der Waals surface area contributed by atoms with Gasteiger partial charge in [-0.3, -0.25) is 0 Å². The highest BCUT2D eigenvalue weighted by Gasteiger charge is 2.23. The third kappa shape index (κ3) is 4.14. The van der Waals surface area contributed by atoms with Gasteiger partial charge in [-0.15, -0.1) is 0 Å². The predicted octanol–water partition coefficient (Wildman–Crippen LogP) is 3.45. The Balaban J connectivity index is 2.56. The smallest absolute Gasteiger partial charge is 0.120 e. The topological polar surface area (TPSA) is 35.2 Å². The fourth-order valence-corrected chi connectivity index (χ4v) is 1.80. The van der Waals surface area contributed by atoms with Crippen LogP contribution in [0.25, 0.3) is 0 Å². The van der Waals surface area contributed by atoms with Crippen molar-refractivity contribution in [3.05, 3.63) is 28.7 Å². The van der Waals surface area contributed by atoms with Crippen molar-refractivity contribution in [3.63, 3.8) is 0 Å². The molecule has 0 aliphatic rings. The molecule has 2 nitrogen and oxygen atoms in total. The summed E-state index contributed by atoms with van der Waals surface area (Å²) in [5.74, 6) is 1.25. The SMILES string of the molecule is CC(C)(C)C(CN)COc1cccc(Br)c1. The summed E-state index contributed by atoms with van der Waals surface area (Å²) in [6.07, 6.45) is 0. The van der Waals surface area contributed by atoms with Gasteiger partial charge in [0.2, 0.25) is 0 Å². The Bertz CT molecular complexity index is 333. The lowest BCUT2D eigenvalue weighted by molar-refractivity contribution is 0.152. The molecule has 0 amide bonds. The third-order valence-corrected chi connectivity index (χ3v) is 3.25. The molecular weight excluding hydrogens is 266 g/mol. The molecule has 0 saturated heterocycles. The summed E-state index contributed by atoms with van der Waals surface area (Å²) in [4.78, 5) is 0. The van der Waals surface area contributed by atoms with Crippen LogP contribution in [0.2, 0.25) is 0 Å². The maximum absolute atomic E-state index is 5.76. The number of hydrogen-bond donors (Lipinski definition) is 1. The summed E-state index contributed by atoms with van der Waals surface area (Å²) in [7, 11) is 0. The molecule has 1 aromatic rings. The van der Waals surface area contributed by atoms with Gasteiger partial charge in [-0.25, -0.2) is 0 Å². The molecule has 0 aliphatic carbocycles. The van der Waals surface area contributed by atoms with Gasteiger partial charge < -0.3 is 10.5 Å². The fourth-order valence-electron chi connectivity index (χ4n) is 1.43. The number of rotatable bonds is 4. The monoisotopic (exact) mass is 285 g/mol. The largest absolute Gasteiger partial charge is 0.493 e. The zero-order chi connectivity index (χ0) is 12.2. The summed E-state index contributed by atoms with van der Waals surface area (Å²) >= 11 is 3.42. The van der Waals surface area contributed by atoms with Gasteiger partial charge in [0, 0.05) is 10.4 Å². The van der Waals surface area contributed by atoms with E-state index in [1.165, 1.54) is 0 Å². The van der Waals surface area contributed by atoms with Crippen molar-refractivity contribution in [2.75, 3.05) is 13.2 Å². The van der Waals surface area contributed by atoms with E-state index in [-0.39, 0.29) is 5.41 Å². The van der Waals surface area contributed by atoms with Crippen LogP contribution in [0.4, 0.5) is 0 Å². The van der Waals surface area contributed by atoms with Gasteiger partial charge in [0.1, 0.15) is 5.75 Å². The maximum Gasteiger partial charge on any atom is 0.120 e. The van der Waals surface area contributed by atoms with Gasteiger partial charge in [0.25, 0.3) is 0 Å². The van der Waals surface area contributed by atoms with Crippen molar-refractivity contribution in [3.8, 4) is 5.75 Å². The zero-order valence-electron chi connectivity index (χ0n) is 10.2. The lowest BCUT2D eigenvalue weighted by atomic mass is 9.81. The molecule has 0 aromatic heterocycles. The molecule has 0 radical (unpaired) electrons. The lowest BCUT2D eigenvalue weighted by Gasteiger charge is -2.29. The predicted molar refractivity (Wildman–Crippen MR) is 71.6 cm³/mol. The number of hydrogen-bond acceptors (Lipinski definition) is 2. The fraction of sp³-hybridized carbons (Fsp3) is 0.538. The minimum absolute atomic E-state index is 0.181. The Labute approximate surface area is 106 Å². The Hall–Kier alpha value is -0.540. The van der Waals surface area contributed by atoms with Crippen molar-refractivity contribution in [1.82, 2.24) is 0 Å². The van der Waals surface area contributed by atoms with Crippen molar-refractivity contribution in [2.45, 2.75) is 20.8 Å². The Morgan fingerprint density at radius 1 is 1.38 bits per heavy atom. The van der Waals surface area contributed by atoms with Crippen LogP contribution < -0.4 is 10.5 Å². The van der Waals surface area contributed by atoms with Gasteiger partial charge in [-0.2, -0.15) is 0 Å². The second-order valence-electron chi connectivity index (χ2n) is 5.07. The second kappa shape index (κ2) is 5.69. The zero-order valence-corrected chi connectivity index (χ0v) is 11.8. The first kappa shape index (κ1) is 13.5. The van der Waals surface area contributed by atoms with Crippen LogP contribution >= 0.6 is 15.9 Å². The molecule has 0 fully saturated rings. The molecule has 2 N–H and O–H groups in total. The maximum atomic E-state index is 5.76. The summed E-state index contributed by atoms with van der Waals surface area (Å²) in [6.45, 7) is 7.88. The first-order chi connectivity index (χ1) is 7.43. The molecule has 0 saturated carbocycles. The molecule has 0 heterocycles. The third-order valence-electron chi connectivity index (χ3n) is 2.76. The molecule has 1 aromatic carbocycles. The average molecular weight is 286 g/mol. The van der Waals surface area contributed by atoms with E-state index in [0.29, 0.717) is 19.1 Å². The summed E-state index contributed by atoms with van der Waals surface area (Å²) in [5.41, 5.74) is 5.95. The molecule has 90 valence electrons. The van der Waals surface area contributed by atoms with Crippen LogP contribution in [0, 0.1) is 11.3 Å². The van der Waals surface area contributed by atoms with E-state index in [1.54, 1.807) is 0 Å². The van der Waals surface area contributed by atoms with E-state index in [9.17, 15) is 0 Å². The van der Waals surface area contributed by atoms with E-state index >= 15 is 0 Å². The standard InChI is InChI=1S/C13H20BrNO/c1-13(2,3)10(8-15)9-16-12-6-4-5-11(14)7-12/h4-7,10H,8-9,15H2,1-3H3. The number of halogens is 1. The number of ether oxygens (including phenoxy) is 1. The van der Waals surface area contributed by atoms with Gasteiger partial charge in [-0.05, 0) is 30.2 Å². The molecule has 0 aliphatic heterocycles. The summed E-state index contributed by atoms with van der Waals surface area (Å²) in [6, 6.07) is 7.88. The van der Waals surface area contributed by atoms with Crippen LogP contribution in [0.3, 0.4) is 0 Å². The number of benzene rings is 1. The van der Waals surface area contributed by atoms with E-state index in [4.69, 9.17) is 10.5 Å². The normalized spacial score (nSPS) is 13.6. The Morgan fingerprint density at radius 3 is 2.56 bits per heavy atom. The molecule has 1 rings (SSSR count). The highest BCUT2D eigenvalue weighted by molar-refractivity contribution is 9.10. The van der Waals surface area contributed by atoms with Crippen LogP contribution in [-0.2, 0) is 0 Å². The molecule has 3 heteroatoms. The van der Waals surface area contributed by atoms with Crippen LogP contribution in [-0.4, -0.2) is 13.2 Å². The van der Waals surface area contributed by atoms with Gasteiger partial charge in [-0.1, -0.05) is 42.8 Å². The number of nitrogens with two attached hydrogens (primary N) is 1. The minimum atomic E-state index is 0.181. The van der Waals surface area contributed by atoms with Gasteiger partial charge >= 0.3 is 0 Å². The molecule has 1 unspecified atom stereocenters. The second-order valence-corrected chi connectivity index (χ2v) is 5.98. The van der Waals surface area contributed by atoms with E-state index < -0.39 is 0 Å². The minimum Gasteiger partial charge on any atom is -0.493 e. The van der Waals surface area contributed by atoms with Crippen molar-refractivity contribution < 1.29 is 4.74 Å². The van der Waals surface area contributed by atoms with Crippen LogP contribution in [0.5, 0.6) is 5.75 Å². The molecule has 0 bridgehead atoms. The van der Waals surface area contributed by atoms with Crippen molar-refractivity contribution in [1.29, 1.82) is 0 Å². The Kier molecular flexibility index (Phi) is 4.81. The van der Waals surface area contributed by atoms with Gasteiger partial charge in [0.05, 0.1) is 6.61 Å². The van der Waals surface area contributed by atoms with Crippen LogP contribution in [0.15, 0.2) is 28.7 Å². The molecule has 1 atom stereocenters. The summed E-state index contributed by atoms with van der Waals surface area (Å²) in [5, 5.41) is 0. The van der Waals surface area contributed by atoms with E-state index in [0.717, 1.165) is 10.2 Å². The van der Waals surface area contributed by atoms with Crippen molar-refractivity contribution in [2.24, 2.45) is 17.1 Å². The quantitative estimate of drug-likeness (QED) is 0.920. The first-order valence-corrected chi connectivity index (χ1v) is 6.31.